The third kappa shape index (κ3) is 4.19. The average molecular weight is 340 g/mol. The van der Waals surface area contributed by atoms with Crippen molar-refractivity contribution in [1.29, 1.82) is 0 Å². The van der Waals surface area contributed by atoms with Gasteiger partial charge in [-0.3, -0.25) is 4.79 Å². The summed E-state index contributed by atoms with van der Waals surface area (Å²) in [4.78, 5) is 21.3. The summed E-state index contributed by atoms with van der Waals surface area (Å²) in [5, 5.41) is 11.1. The van der Waals surface area contributed by atoms with E-state index in [0.717, 1.165) is 11.3 Å². The number of carboxylic acids is 1. The van der Waals surface area contributed by atoms with Gasteiger partial charge in [-0.2, -0.15) is 0 Å². The second kappa shape index (κ2) is 7.09. The molecule has 7 heteroatoms. The Labute approximate surface area is 132 Å². The lowest BCUT2D eigenvalue weighted by molar-refractivity contribution is -0.138. The van der Waals surface area contributed by atoms with Gasteiger partial charge in [0.05, 0.1) is 12.1 Å². The van der Waals surface area contributed by atoms with Gasteiger partial charge in [-0.1, -0.05) is 37.3 Å². The SMILES string of the molecule is CCC(C(=O)O)c1ccsc1OP(=O)(O)Cc1ccccc1. The van der Waals surface area contributed by atoms with Gasteiger partial charge in [0.15, 0.2) is 5.06 Å². The van der Waals surface area contributed by atoms with Crippen LogP contribution in [0.5, 0.6) is 5.06 Å². The second-order valence-corrected chi connectivity index (χ2v) is 7.49. The maximum atomic E-state index is 12.3. The van der Waals surface area contributed by atoms with Crippen LogP contribution in [0, 0.1) is 0 Å². The largest absolute Gasteiger partial charge is 0.481 e. The van der Waals surface area contributed by atoms with E-state index in [1.54, 1.807) is 42.6 Å². The summed E-state index contributed by atoms with van der Waals surface area (Å²) >= 11 is 1.13. The molecule has 2 unspecified atom stereocenters. The van der Waals surface area contributed by atoms with E-state index in [1.165, 1.54) is 0 Å². The highest BCUT2D eigenvalue weighted by Gasteiger charge is 2.28. The Balaban J connectivity index is 2.18. The minimum Gasteiger partial charge on any atom is -0.481 e. The molecule has 5 nitrogen and oxygen atoms in total. The molecule has 2 atom stereocenters. The molecule has 0 aliphatic carbocycles. The van der Waals surface area contributed by atoms with Crippen molar-refractivity contribution in [2.75, 3.05) is 0 Å². The monoisotopic (exact) mass is 340 g/mol. The van der Waals surface area contributed by atoms with Crippen LogP contribution in [0.4, 0.5) is 0 Å². The molecule has 2 N–H and O–H groups in total. The number of carbonyl (C=O) groups is 1. The Morgan fingerprint density at radius 2 is 2.00 bits per heavy atom. The van der Waals surface area contributed by atoms with Gasteiger partial charge in [-0.25, -0.2) is 4.57 Å². The fraction of sp³-hybridized carbons (Fsp3) is 0.267. The highest BCUT2D eigenvalue weighted by Crippen LogP contribution is 2.49. The van der Waals surface area contributed by atoms with Gasteiger partial charge in [0.2, 0.25) is 0 Å². The molecule has 0 radical (unpaired) electrons. The normalized spacial score (nSPS) is 15.0. The number of rotatable bonds is 7. The van der Waals surface area contributed by atoms with Crippen molar-refractivity contribution < 1.29 is 23.9 Å². The summed E-state index contributed by atoms with van der Waals surface area (Å²) in [5.41, 5.74) is 1.14. The van der Waals surface area contributed by atoms with Crippen LogP contribution < -0.4 is 4.52 Å². The number of hydrogen-bond acceptors (Lipinski definition) is 4. The van der Waals surface area contributed by atoms with Crippen LogP contribution >= 0.6 is 18.9 Å². The van der Waals surface area contributed by atoms with Crippen molar-refractivity contribution in [3.05, 3.63) is 52.9 Å². The van der Waals surface area contributed by atoms with Gasteiger partial charge >= 0.3 is 13.6 Å². The molecule has 2 aromatic rings. The molecule has 0 saturated heterocycles. The van der Waals surface area contributed by atoms with E-state index in [2.05, 4.69) is 0 Å². The Morgan fingerprint density at radius 3 is 2.59 bits per heavy atom. The van der Waals surface area contributed by atoms with Crippen LogP contribution in [0.2, 0.25) is 0 Å². The third-order valence-electron chi connectivity index (χ3n) is 3.19. The Bertz CT molecular complexity index is 682. The highest BCUT2D eigenvalue weighted by atomic mass is 32.1. The number of aliphatic carboxylic acids is 1. The lowest BCUT2D eigenvalue weighted by atomic mass is 10.00. The van der Waals surface area contributed by atoms with E-state index in [-0.39, 0.29) is 11.2 Å². The summed E-state index contributed by atoms with van der Waals surface area (Å²) in [6, 6.07) is 10.5. The molecule has 0 spiro atoms. The molecule has 118 valence electrons. The molecule has 0 aliphatic rings. The molecule has 0 bridgehead atoms. The van der Waals surface area contributed by atoms with Gasteiger partial charge in [0, 0.05) is 5.56 Å². The topological polar surface area (TPSA) is 83.8 Å². The lowest BCUT2D eigenvalue weighted by Crippen LogP contribution is -2.10. The fourth-order valence-corrected chi connectivity index (χ4v) is 4.45. The number of hydrogen-bond donors (Lipinski definition) is 2. The highest BCUT2D eigenvalue weighted by molar-refractivity contribution is 7.52. The first kappa shape index (κ1) is 16.7. The van der Waals surface area contributed by atoms with E-state index in [9.17, 15) is 19.4 Å². The Morgan fingerprint density at radius 1 is 1.32 bits per heavy atom. The van der Waals surface area contributed by atoms with Crippen LogP contribution in [0.1, 0.15) is 30.4 Å². The zero-order valence-electron chi connectivity index (χ0n) is 12.0. The van der Waals surface area contributed by atoms with Crippen LogP contribution in [0.15, 0.2) is 41.8 Å². The van der Waals surface area contributed by atoms with Crippen molar-refractivity contribution >= 4 is 24.9 Å². The number of carboxylic acid groups (broad SMARTS) is 1. The summed E-state index contributed by atoms with van der Waals surface area (Å²) in [5.74, 6) is -1.71. The molecule has 2 rings (SSSR count). The van der Waals surface area contributed by atoms with Gasteiger partial charge in [0.1, 0.15) is 0 Å². The zero-order chi connectivity index (χ0) is 16.2. The third-order valence-corrected chi connectivity index (χ3v) is 5.35. The molecular formula is C15H17O5PS. The van der Waals surface area contributed by atoms with Crippen molar-refractivity contribution in [1.82, 2.24) is 0 Å². The lowest BCUT2D eigenvalue weighted by Gasteiger charge is -2.16. The maximum Gasteiger partial charge on any atom is 0.381 e. The summed E-state index contributed by atoms with van der Waals surface area (Å²) in [6.45, 7) is 1.75. The first-order valence-electron chi connectivity index (χ1n) is 6.78. The first-order chi connectivity index (χ1) is 10.4. The summed E-state index contributed by atoms with van der Waals surface area (Å²) < 4.78 is 17.6. The summed E-state index contributed by atoms with van der Waals surface area (Å²) in [6.07, 6.45) is 0.270. The fourth-order valence-electron chi connectivity index (χ4n) is 2.14. The molecule has 0 fully saturated rings. The van der Waals surface area contributed by atoms with Crippen LogP contribution in [0.3, 0.4) is 0 Å². The number of thiophene rings is 1. The first-order valence-corrected chi connectivity index (χ1v) is 9.42. The molecule has 0 saturated carbocycles. The minimum absolute atomic E-state index is 0.116. The maximum absolute atomic E-state index is 12.3. The Kier molecular flexibility index (Phi) is 5.40. The van der Waals surface area contributed by atoms with E-state index in [1.807, 2.05) is 6.07 Å². The molecule has 0 amide bonds. The molecule has 0 aliphatic heterocycles. The van der Waals surface area contributed by atoms with Crippen LogP contribution in [-0.2, 0) is 15.5 Å². The second-order valence-electron chi connectivity index (χ2n) is 4.83. The number of benzene rings is 1. The summed E-state index contributed by atoms with van der Waals surface area (Å²) in [7, 11) is -3.89. The minimum atomic E-state index is -3.89. The van der Waals surface area contributed by atoms with Gasteiger partial charge in [0.25, 0.3) is 0 Å². The van der Waals surface area contributed by atoms with Crippen molar-refractivity contribution in [2.24, 2.45) is 0 Å². The predicted molar refractivity (Wildman–Crippen MR) is 85.6 cm³/mol. The van der Waals surface area contributed by atoms with E-state index in [0.29, 0.717) is 17.5 Å². The van der Waals surface area contributed by atoms with Crippen molar-refractivity contribution in [2.45, 2.75) is 25.4 Å². The van der Waals surface area contributed by atoms with Crippen LogP contribution in [0.25, 0.3) is 0 Å². The van der Waals surface area contributed by atoms with Gasteiger partial charge in [-0.15, -0.1) is 11.3 Å². The Hall–Kier alpha value is -1.62. The average Bonchev–Trinajstić information content (AvgIpc) is 2.87. The zero-order valence-corrected chi connectivity index (χ0v) is 13.7. The van der Waals surface area contributed by atoms with E-state index < -0.39 is 19.5 Å². The molecule has 22 heavy (non-hydrogen) atoms. The van der Waals surface area contributed by atoms with Crippen LogP contribution in [-0.4, -0.2) is 16.0 Å². The van der Waals surface area contributed by atoms with E-state index in [4.69, 9.17) is 4.52 Å². The van der Waals surface area contributed by atoms with E-state index >= 15 is 0 Å². The van der Waals surface area contributed by atoms with Gasteiger partial charge < -0.3 is 14.5 Å². The standard InChI is InChI=1S/C15H17O5PS/c1-2-12(14(16)17)13-8-9-22-15(13)20-21(18,19)10-11-6-4-3-5-7-11/h3-9,12H,2,10H2,1H3,(H,16,17)(H,18,19). The molecule has 1 heterocycles. The molecular weight excluding hydrogens is 323 g/mol. The quantitative estimate of drug-likeness (QED) is 0.742. The molecule has 1 aromatic heterocycles. The predicted octanol–water partition coefficient (Wildman–Crippen LogP) is 4.09. The van der Waals surface area contributed by atoms with Crippen molar-refractivity contribution in [3.8, 4) is 5.06 Å². The van der Waals surface area contributed by atoms with Crippen molar-refractivity contribution in [3.63, 3.8) is 0 Å². The molecule has 1 aromatic carbocycles. The smallest absolute Gasteiger partial charge is 0.381 e. The van der Waals surface area contributed by atoms with Gasteiger partial charge in [-0.05, 0) is 23.4 Å².